The van der Waals surface area contributed by atoms with Gasteiger partial charge in [-0.2, -0.15) is 5.10 Å². The highest BCUT2D eigenvalue weighted by atomic mass is 32.2. The van der Waals surface area contributed by atoms with Gasteiger partial charge >= 0.3 is 0 Å². The molecule has 0 unspecified atom stereocenters. The molecule has 1 heterocycles. The highest BCUT2D eigenvalue weighted by Gasteiger charge is 2.23. The molecule has 1 atom stereocenters. The first-order chi connectivity index (χ1) is 9.83. The van der Waals surface area contributed by atoms with Gasteiger partial charge in [0.15, 0.2) is 0 Å². The van der Waals surface area contributed by atoms with Crippen LogP contribution in [0.25, 0.3) is 0 Å². The van der Waals surface area contributed by atoms with E-state index < -0.39 is 10.0 Å². The largest absolute Gasteiger partial charge is 0.274 e. The smallest absolute Gasteiger partial charge is 0.244 e. The van der Waals surface area contributed by atoms with Gasteiger partial charge in [-0.25, -0.2) is 13.1 Å². The van der Waals surface area contributed by atoms with E-state index in [1.54, 1.807) is 14.0 Å². The second-order valence-corrected chi connectivity index (χ2v) is 6.93. The maximum Gasteiger partial charge on any atom is 0.244 e. The molecule has 0 fully saturated rings. The van der Waals surface area contributed by atoms with Gasteiger partial charge in [0.1, 0.15) is 4.90 Å². The standard InChI is InChI=1S/C15H21N3O2S/c1-5-14(13-8-6-11(2)7-9-13)17-21(19,20)15-10-18(4)16-12(15)3/h6-10,14,17H,5H2,1-4H3/t14-/m0/s1. The minimum absolute atomic E-state index is 0.232. The van der Waals surface area contributed by atoms with E-state index in [1.165, 1.54) is 10.9 Å². The number of aromatic nitrogens is 2. The molecule has 21 heavy (non-hydrogen) atoms. The zero-order valence-electron chi connectivity index (χ0n) is 12.8. The number of nitrogens with zero attached hydrogens (tertiary/aromatic N) is 2. The van der Waals surface area contributed by atoms with E-state index in [4.69, 9.17) is 0 Å². The number of rotatable bonds is 5. The number of hydrogen-bond acceptors (Lipinski definition) is 3. The number of benzene rings is 1. The maximum atomic E-state index is 12.5. The minimum Gasteiger partial charge on any atom is -0.274 e. The molecular formula is C15H21N3O2S. The second kappa shape index (κ2) is 5.99. The van der Waals surface area contributed by atoms with Crippen LogP contribution in [0.3, 0.4) is 0 Å². The van der Waals surface area contributed by atoms with Crippen molar-refractivity contribution < 1.29 is 8.42 Å². The van der Waals surface area contributed by atoms with Gasteiger partial charge in [-0.1, -0.05) is 36.8 Å². The van der Waals surface area contributed by atoms with Crippen molar-refractivity contribution in [1.82, 2.24) is 14.5 Å². The molecule has 114 valence electrons. The summed E-state index contributed by atoms with van der Waals surface area (Å²) < 4.78 is 29.3. The van der Waals surface area contributed by atoms with E-state index in [9.17, 15) is 8.42 Å². The quantitative estimate of drug-likeness (QED) is 0.923. The molecule has 0 aliphatic rings. The van der Waals surface area contributed by atoms with Crippen molar-refractivity contribution in [2.45, 2.75) is 38.1 Å². The molecule has 0 spiro atoms. The van der Waals surface area contributed by atoms with Crippen LogP contribution < -0.4 is 4.72 Å². The van der Waals surface area contributed by atoms with Gasteiger partial charge in [0.2, 0.25) is 10.0 Å². The molecule has 0 saturated heterocycles. The van der Waals surface area contributed by atoms with Gasteiger partial charge in [0, 0.05) is 19.3 Å². The molecule has 1 aromatic carbocycles. The van der Waals surface area contributed by atoms with Crippen LogP contribution in [-0.2, 0) is 17.1 Å². The summed E-state index contributed by atoms with van der Waals surface area (Å²) in [5.74, 6) is 0. The zero-order chi connectivity index (χ0) is 15.6. The van der Waals surface area contributed by atoms with Crippen molar-refractivity contribution in [1.29, 1.82) is 0 Å². The summed E-state index contributed by atoms with van der Waals surface area (Å²) in [4.78, 5) is 0.232. The molecule has 0 aliphatic carbocycles. The van der Waals surface area contributed by atoms with Crippen molar-refractivity contribution >= 4 is 10.0 Å². The molecule has 0 aliphatic heterocycles. The number of aryl methyl sites for hydroxylation is 3. The van der Waals surface area contributed by atoms with E-state index in [0.717, 1.165) is 11.1 Å². The van der Waals surface area contributed by atoms with E-state index >= 15 is 0 Å². The molecule has 0 bridgehead atoms. The van der Waals surface area contributed by atoms with Crippen molar-refractivity contribution in [3.63, 3.8) is 0 Å². The third kappa shape index (κ3) is 3.51. The number of sulfonamides is 1. The lowest BCUT2D eigenvalue weighted by Gasteiger charge is -2.17. The van der Waals surface area contributed by atoms with Crippen molar-refractivity contribution in [3.8, 4) is 0 Å². The Balaban J connectivity index is 2.29. The lowest BCUT2D eigenvalue weighted by Crippen LogP contribution is -2.28. The molecule has 0 amide bonds. The van der Waals surface area contributed by atoms with Gasteiger partial charge in [-0.3, -0.25) is 4.68 Å². The van der Waals surface area contributed by atoms with Crippen LogP contribution in [-0.4, -0.2) is 18.2 Å². The predicted molar refractivity (Wildman–Crippen MR) is 82.5 cm³/mol. The summed E-state index contributed by atoms with van der Waals surface area (Å²) in [6, 6.07) is 7.66. The van der Waals surface area contributed by atoms with Gasteiger partial charge < -0.3 is 0 Å². The summed E-state index contributed by atoms with van der Waals surface area (Å²) in [5, 5.41) is 4.09. The Labute approximate surface area is 126 Å². The fraction of sp³-hybridized carbons (Fsp3) is 0.400. The first-order valence-corrected chi connectivity index (χ1v) is 8.41. The fourth-order valence-corrected chi connectivity index (χ4v) is 3.80. The zero-order valence-corrected chi connectivity index (χ0v) is 13.6. The van der Waals surface area contributed by atoms with Crippen molar-refractivity contribution in [2.24, 2.45) is 7.05 Å². The third-order valence-electron chi connectivity index (χ3n) is 3.44. The highest BCUT2D eigenvalue weighted by Crippen LogP contribution is 2.21. The summed E-state index contributed by atoms with van der Waals surface area (Å²) in [6.45, 7) is 5.67. The lowest BCUT2D eigenvalue weighted by atomic mass is 10.0. The van der Waals surface area contributed by atoms with Crippen LogP contribution in [0, 0.1) is 13.8 Å². The van der Waals surface area contributed by atoms with E-state index in [0.29, 0.717) is 12.1 Å². The average Bonchev–Trinajstić information content (AvgIpc) is 2.77. The van der Waals surface area contributed by atoms with Crippen LogP contribution in [0.15, 0.2) is 35.4 Å². The molecule has 0 radical (unpaired) electrons. The van der Waals surface area contributed by atoms with Gasteiger partial charge in [-0.15, -0.1) is 0 Å². The summed E-state index contributed by atoms with van der Waals surface area (Å²) in [5.41, 5.74) is 2.62. The monoisotopic (exact) mass is 307 g/mol. The Hall–Kier alpha value is -1.66. The highest BCUT2D eigenvalue weighted by molar-refractivity contribution is 7.89. The topological polar surface area (TPSA) is 64.0 Å². The lowest BCUT2D eigenvalue weighted by molar-refractivity contribution is 0.549. The normalized spacial score (nSPS) is 13.3. The fourth-order valence-electron chi connectivity index (χ4n) is 2.28. The molecule has 5 nitrogen and oxygen atoms in total. The van der Waals surface area contributed by atoms with E-state index in [-0.39, 0.29) is 10.9 Å². The molecule has 2 rings (SSSR count). The Bertz CT molecular complexity index is 718. The van der Waals surface area contributed by atoms with E-state index in [1.807, 2.05) is 38.1 Å². The van der Waals surface area contributed by atoms with Crippen LogP contribution in [0.5, 0.6) is 0 Å². The molecule has 0 saturated carbocycles. The molecule has 1 aromatic heterocycles. The van der Waals surface area contributed by atoms with Crippen LogP contribution in [0.2, 0.25) is 0 Å². The first kappa shape index (κ1) is 15.7. The Kier molecular flexibility index (Phi) is 4.49. The average molecular weight is 307 g/mol. The van der Waals surface area contributed by atoms with Crippen LogP contribution in [0.1, 0.15) is 36.2 Å². The van der Waals surface area contributed by atoms with Gasteiger partial charge in [-0.05, 0) is 25.8 Å². The molecule has 1 N–H and O–H groups in total. The van der Waals surface area contributed by atoms with Crippen molar-refractivity contribution in [2.75, 3.05) is 0 Å². The molecule has 6 heteroatoms. The van der Waals surface area contributed by atoms with Gasteiger partial charge in [0.05, 0.1) is 5.69 Å². The summed E-state index contributed by atoms with van der Waals surface area (Å²) in [7, 11) is -1.86. The SMILES string of the molecule is CC[C@H](NS(=O)(=O)c1cn(C)nc1C)c1ccc(C)cc1. The maximum absolute atomic E-state index is 12.5. The minimum atomic E-state index is -3.57. The Morgan fingerprint density at radius 3 is 2.33 bits per heavy atom. The summed E-state index contributed by atoms with van der Waals surface area (Å²) in [6.07, 6.45) is 2.21. The molecule has 2 aromatic rings. The van der Waals surface area contributed by atoms with E-state index in [2.05, 4.69) is 9.82 Å². The van der Waals surface area contributed by atoms with Crippen LogP contribution >= 0.6 is 0 Å². The first-order valence-electron chi connectivity index (χ1n) is 6.92. The molecular weight excluding hydrogens is 286 g/mol. The Morgan fingerprint density at radius 2 is 1.86 bits per heavy atom. The Morgan fingerprint density at radius 1 is 1.24 bits per heavy atom. The second-order valence-electron chi connectivity index (χ2n) is 5.25. The van der Waals surface area contributed by atoms with Gasteiger partial charge in [0.25, 0.3) is 0 Å². The van der Waals surface area contributed by atoms with Crippen LogP contribution in [0.4, 0.5) is 0 Å². The summed E-state index contributed by atoms with van der Waals surface area (Å²) >= 11 is 0. The third-order valence-corrected chi connectivity index (χ3v) is 5.02. The number of nitrogens with one attached hydrogen (secondary N) is 1. The number of hydrogen-bond donors (Lipinski definition) is 1. The van der Waals surface area contributed by atoms with Crippen molar-refractivity contribution in [3.05, 3.63) is 47.3 Å². The predicted octanol–water partition coefficient (Wildman–Crippen LogP) is 2.47.